The minimum atomic E-state index is -0.267. The van der Waals surface area contributed by atoms with E-state index in [4.69, 9.17) is 4.42 Å². The van der Waals surface area contributed by atoms with Gasteiger partial charge in [0.15, 0.2) is 0 Å². The van der Waals surface area contributed by atoms with E-state index in [1.54, 1.807) is 23.2 Å². The van der Waals surface area contributed by atoms with Crippen molar-refractivity contribution in [3.05, 3.63) is 77.8 Å². The van der Waals surface area contributed by atoms with Gasteiger partial charge >= 0.3 is 0 Å². The molecule has 7 heteroatoms. The average Bonchev–Trinajstić information content (AvgIpc) is 3.33. The highest BCUT2D eigenvalue weighted by Crippen LogP contribution is 2.33. The van der Waals surface area contributed by atoms with E-state index in [2.05, 4.69) is 15.0 Å². The fourth-order valence-corrected chi connectivity index (χ4v) is 3.20. The van der Waals surface area contributed by atoms with E-state index in [0.717, 1.165) is 18.4 Å². The van der Waals surface area contributed by atoms with Crippen molar-refractivity contribution >= 4 is 5.91 Å². The molecule has 1 aliphatic rings. The van der Waals surface area contributed by atoms with Crippen LogP contribution >= 0.6 is 0 Å². The lowest BCUT2D eigenvalue weighted by atomic mass is 10.1. The minimum absolute atomic E-state index is 0.119. The predicted molar refractivity (Wildman–Crippen MR) is 90.8 cm³/mol. The van der Waals surface area contributed by atoms with Gasteiger partial charge in [0.25, 0.3) is 5.91 Å². The van der Waals surface area contributed by atoms with Gasteiger partial charge in [-0.3, -0.25) is 4.79 Å². The summed E-state index contributed by atoms with van der Waals surface area (Å²) in [7, 11) is 0. The van der Waals surface area contributed by atoms with Crippen molar-refractivity contribution in [2.45, 2.75) is 25.3 Å². The molecule has 6 nitrogen and oxygen atoms in total. The largest absolute Gasteiger partial charge is 0.443 e. The monoisotopic (exact) mass is 352 g/mol. The molecule has 1 fully saturated rings. The normalized spacial score (nSPS) is 16.8. The number of oxazole rings is 1. The second-order valence-electron chi connectivity index (χ2n) is 6.25. The lowest BCUT2D eigenvalue weighted by Gasteiger charge is -2.22. The van der Waals surface area contributed by atoms with E-state index in [0.29, 0.717) is 30.2 Å². The number of hydrogen-bond acceptors (Lipinski definition) is 5. The number of rotatable bonds is 4. The van der Waals surface area contributed by atoms with Crippen LogP contribution in [0.4, 0.5) is 4.39 Å². The Hall–Kier alpha value is -3.09. The van der Waals surface area contributed by atoms with Crippen LogP contribution in [0.2, 0.25) is 0 Å². The van der Waals surface area contributed by atoms with Crippen LogP contribution in [0.3, 0.4) is 0 Å². The van der Waals surface area contributed by atoms with Gasteiger partial charge in [-0.05, 0) is 30.5 Å². The van der Waals surface area contributed by atoms with Crippen LogP contribution in [0.5, 0.6) is 0 Å². The molecule has 0 bridgehead atoms. The zero-order valence-electron chi connectivity index (χ0n) is 14.0. The van der Waals surface area contributed by atoms with Crippen molar-refractivity contribution < 1.29 is 13.6 Å². The Labute approximate surface area is 149 Å². The smallest absolute Gasteiger partial charge is 0.257 e. The summed E-state index contributed by atoms with van der Waals surface area (Å²) >= 11 is 0. The fraction of sp³-hybridized carbons (Fsp3) is 0.263. The van der Waals surface area contributed by atoms with E-state index in [-0.39, 0.29) is 17.8 Å². The number of aromatic nitrogens is 3. The summed E-state index contributed by atoms with van der Waals surface area (Å²) in [6, 6.07) is 6.10. The van der Waals surface area contributed by atoms with E-state index in [1.165, 1.54) is 30.9 Å². The van der Waals surface area contributed by atoms with Gasteiger partial charge < -0.3 is 9.32 Å². The summed E-state index contributed by atoms with van der Waals surface area (Å²) in [4.78, 5) is 26.6. The van der Waals surface area contributed by atoms with Crippen molar-refractivity contribution in [2.75, 3.05) is 6.54 Å². The quantitative estimate of drug-likeness (QED) is 0.721. The Morgan fingerprint density at radius 2 is 1.96 bits per heavy atom. The number of amides is 1. The number of hydrogen-bond donors (Lipinski definition) is 0. The summed E-state index contributed by atoms with van der Waals surface area (Å²) in [6.45, 7) is 0.647. The Balaban J connectivity index is 1.51. The van der Waals surface area contributed by atoms with Crippen LogP contribution in [-0.2, 0) is 6.42 Å². The minimum Gasteiger partial charge on any atom is -0.443 e. The molecule has 3 aromatic rings. The van der Waals surface area contributed by atoms with Crippen molar-refractivity contribution in [1.82, 2.24) is 19.9 Å². The lowest BCUT2D eigenvalue weighted by molar-refractivity contribution is 0.0713. The van der Waals surface area contributed by atoms with Gasteiger partial charge in [0, 0.05) is 25.4 Å². The van der Waals surface area contributed by atoms with Crippen LogP contribution in [0.1, 0.15) is 46.5 Å². The first kappa shape index (κ1) is 16.4. The highest BCUT2D eigenvalue weighted by Gasteiger charge is 2.34. The maximum atomic E-state index is 13.0. The first-order chi connectivity index (χ1) is 12.7. The molecule has 26 heavy (non-hydrogen) atoms. The third-order valence-corrected chi connectivity index (χ3v) is 4.47. The molecular weight excluding hydrogens is 335 g/mol. The predicted octanol–water partition coefficient (Wildman–Crippen LogP) is 3.17. The summed E-state index contributed by atoms with van der Waals surface area (Å²) < 4.78 is 18.9. The maximum Gasteiger partial charge on any atom is 0.257 e. The molecular formula is C19H17FN4O2. The molecule has 1 atom stereocenters. The molecule has 132 valence electrons. The number of carbonyl (C=O) groups excluding carboxylic acids is 1. The fourth-order valence-electron chi connectivity index (χ4n) is 3.20. The number of benzene rings is 1. The van der Waals surface area contributed by atoms with E-state index >= 15 is 0 Å². The summed E-state index contributed by atoms with van der Waals surface area (Å²) in [6.07, 6.45) is 8.32. The number of halogens is 1. The highest BCUT2D eigenvalue weighted by molar-refractivity contribution is 5.94. The van der Waals surface area contributed by atoms with Crippen LogP contribution in [0, 0.1) is 5.82 Å². The number of likely N-dealkylation sites (tertiary alicyclic amines) is 1. The Morgan fingerprint density at radius 1 is 1.19 bits per heavy atom. The van der Waals surface area contributed by atoms with Gasteiger partial charge in [0.05, 0.1) is 11.8 Å². The second kappa shape index (κ2) is 7.03. The first-order valence-electron chi connectivity index (χ1n) is 8.46. The second-order valence-corrected chi connectivity index (χ2v) is 6.25. The first-order valence-corrected chi connectivity index (χ1v) is 8.46. The maximum absolute atomic E-state index is 13.0. The SMILES string of the molecule is O=C(c1cncnc1)N1CCC[C@@H]1c1ncc(Cc2ccc(F)cc2)o1. The van der Waals surface area contributed by atoms with Crippen LogP contribution in [0.15, 0.2) is 53.6 Å². The third kappa shape index (κ3) is 3.33. The molecule has 1 aromatic carbocycles. The summed E-state index contributed by atoms with van der Waals surface area (Å²) in [5.74, 6) is 0.835. The van der Waals surface area contributed by atoms with Crippen molar-refractivity contribution in [3.63, 3.8) is 0 Å². The van der Waals surface area contributed by atoms with E-state index in [9.17, 15) is 9.18 Å². The molecule has 1 saturated heterocycles. The van der Waals surface area contributed by atoms with Crippen molar-refractivity contribution in [3.8, 4) is 0 Å². The number of carbonyl (C=O) groups is 1. The van der Waals surface area contributed by atoms with Crippen LogP contribution < -0.4 is 0 Å². The standard InChI is InChI=1S/C19H17FN4O2/c20-15-5-3-13(4-6-15)8-16-11-23-18(26-16)17-2-1-7-24(17)19(25)14-9-21-12-22-10-14/h3-6,9-12,17H,1-2,7-8H2/t17-/m1/s1. The molecule has 0 saturated carbocycles. The zero-order valence-corrected chi connectivity index (χ0v) is 14.0. The van der Waals surface area contributed by atoms with E-state index in [1.807, 2.05) is 0 Å². The molecule has 0 radical (unpaired) electrons. The van der Waals surface area contributed by atoms with Gasteiger partial charge in [0.2, 0.25) is 5.89 Å². The van der Waals surface area contributed by atoms with Crippen molar-refractivity contribution in [2.24, 2.45) is 0 Å². The average molecular weight is 352 g/mol. The van der Waals surface area contributed by atoms with Crippen LogP contribution in [0.25, 0.3) is 0 Å². The molecule has 3 heterocycles. The molecule has 2 aromatic heterocycles. The summed E-state index contributed by atoms with van der Waals surface area (Å²) in [5.41, 5.74) is 1.40. The van der Waals surface area contributed by atoms with Crippen molar-refractivity contribution in [1.29, 1.82) is 0 Å². The lowest BCUT2D eigenvalue weighted by Crippen LogP contribution is -2.30. The van der Waals surface area contributed by atoms with E-state index < -0.39 is 0 Å². The van der Waals surface area contributed by atoms with Crippen LogP contribution in [-0.4, -0.2) is 32.3 Å². The third-order valence-electron chi connectivity index (χ3n) is 4.47. The molecule has 0 spiro atoms. The highest BCUT2D eigenvalue weighted by atomic mass is 19.1. The molecule has 0 unspecified atom stereocenters. The molecule has 0 N–H and O–H groups in total. The zero-order chi connectivity index (χ0) is 17.9. The van der Waals surface area contributed by atoms with Gasteiger partial charge in [-0.1, -0.05) is 12.1 Å². The van der Waals surface area contributed by atoms with Gasteiger partial charge in [-0.2, -0.15) is 0 Å². The summed E-state index contributed by atoms with van der Waals surface area (Å²) in [5, 5.41) is 0. The molecule has 1 aliphatic heterocycles. The Kier molecular flexibility index (Phi) is 4.43. The molecule has 0 aliphatic carbocycles. The molecule has 1 amide bonds. The van der Waals surface area contributed by atoms with Gasteiger partial charge in [-0.25, -0.2) is 19.3 Å². The Morgan fingerprint density at radius 3 is 2.73 bits per heavy atom. The van der Waals surface area contributed by atoms with Gasteiger partial charge in [0.1, 0.15) is 23.9 Å². The van der Waals surface area contributed by atoms with Gasteiger partial charge in [-0.15, -0.1) is 0 Å². The molecule has 4 rings (SSSR count). The number of nitrogens with zero attached hydrogens (tertiary/aromatic N) is 4. The topological polar surface area (TPSA) is 72.1 Å². The Bertz CT molecular complexity index is 895.